The predicted molar refractivity (Wildman–Crippen MR) is 124 cm³/mol. The van der Waals surface area contributed by atoms with Crippen molar-refractivity contribution in [3.63, 3.8) is 0 Å². The number of halogens is 1. The van der Waals surface area contributed by atoms with Crippen LogP contribution in [0.15, 0.2) is 36.4 Å². The molecule has 2 atom stereocenters. The maximum atomic E-state index is 13.2. The molecule has 2 aromatic carbocycles. The lowest BCUT2D eigenvalue weighted by atomic mass is 10.1. The van der Waals surface area contributed by atoms with Gasteiger partial charge in [-0.25, -0.2) is 8.42 Å². The number of hydrogen-bond donors (Lipinski definition) is 1. The largest absolute Gasteiger partial charge is 0.497 e. The molecule has 1 amide bonds. The smallest absolute Gasteiger partial charge is 0.244 e. The standard InChI is InChI=1S/C22H29ClN2O5S/c1-7-20(25(31(6,27)28)16-9-8-14(2)19(23)12-16)22(26)24-15(3)18-13-17(29-4)10-11-21(18)30-5/h8-13,15,20H,7H2,1-6H3,(H,24,26). The highest BCUT2D eigenvalue weighted by Gasteiger charge is 2.32. The van der Waals surface area contributed by atoms with E-state index in [4.69, 9.17) is 21.1 Å². The molecule has 170 valence electrons. The lowest BCUT2D eigenvalue weighted by molar-refractivity contribution is -0.122. The number of amides is 1. The minimum absolute atomic E-state index is 0.270. The highest BCUT2D eigenvalue weighted by atomic mass is 35.5. The minimum atomic E-state index is -3.76. The van der Waals surface area contributed by atoms with Crippen molar-refractivity contribution in [3.05, 3.63) is 52.5 Å². The van der Waals surface area contributed by atoms with Gasteiger partial charge in [0.2, 0.25) is 15.9 Å². The van der Waals surface area contributed by atoms with E-state index in [1.165, 1.54) is 0 Å². The van der Waals surface area contributed by atoms with Gasteiger partial charge in [0.25, 0.3) is 0 Å². The second-order valence-corrected chi connectivity index (χ2v) is 9.52. The fourth-order valence-corrected chi connectivity index (χ4v) is 4.72. The van der Waals surface area contributed by atoms with Crippen molar-refractivity contribution in [2.75, 3.05) is 24.8 Å². The molecule has 0 aromatic heterocycles. The van der Waals surface area contributed by atoms with Crippen LogP contribution in [-0.4, -0.2) is 40.8 Å². The summed E-state index contributed by atoms with van der Waals surface area (Å²) in [6, 6.07) is 8.82. The zero-order valence-corrected chi connectivity index (χ0v) is 20.2. The molecule has 0 fully saturated rings. The first-order valence-electron chi connectivity index (χ1n) is 9.81. The maximum Gasteiger partial charge on any atom is 0.244 e. The van der Waals surface area contributed by atoms with Crippen molar-refractivity contribution in [2.24, 2.45) is 0 Å². The van der Waals surface area contributed by atoms with E-state index in [9.17, 15) is 13.2 Å². The van der Waals surface area contributed by atoms with Crippen molar-refractivity contribution < 1.29 is 22.7 Å². The quantitative estimate of drug-likeness (QED) is 0.599. The van der Waals surface area contributed by atoms with Crippen LogP contribution in [0.4, 0.5) is 5.69 Å². The van der Waals surface area contributed by atoms with Crippen LogP contribution in [0.5, 0.6) is 11.5 Å². The van der Waals surface area contributed by atoms with Gasteiger partial charge in [-0.05, 0) is 56.2 Å². The van der Waals surface area contributed by atoms with E-state index >= 15 is 0 Å². The highest BCUT2D eigenvalue weighted by Crippen LogP contribution is 2.31. The Hall–Kier alpha value is -2.45. The Bertz CT molecular complexity index is 1040. The first-order chi connectivity index (χ1) is 14.5. The second kappa shape index (κ2) is 10.2. The normalized spacial score (nSPS) is 13.3. The number of sulfonamides is 1. The number of nitrogens with zero attached hydrogens (tertiary/aromatic N) is 1. The molecular formula is C22H29ClN2O5S. The van der Waals surface area contributed by atoms with Crippen LogP contribution in [0.1, 0.15) is 37.4 Å². The first-order valence-corrected chi connectivity index (χ1v) is 12.0. The number of hydrogen-bond acceptors (Lipinski definition) is 5. The van der Waals surface area contributed by atoms with Crippen LogP contribution in [-0.2, 0) is 14.8 Å². The number of aryl methyl sites for hydroxylation is 1. The number of rotatable bonds is 9. The second-order valence-electron chi connectivity index (χ2n) is 7.25. The zero-order valence-electron chi connectivity index (χ0n) is 18.6. The number of carbonyl (C=O) groups is 1. The summed E-state index contributed by atoms with van der Waals surface area (Å²) in [5, 5.41) is 3.33. The molecule has 0 radical (unpaired) electrons. The van der Waals surface area contributed by atoms with Gasteiger partial charge in [-0.1, -0.05) is 24.6 Å². The van der Waals surface area contributed by atoms with Crippen LogP contribution < -0.4 is 19.1 Å². The number of benzene rings is 2. The first kappa shape index (κ1) is 24.8. The average molecular weight is 469 g/mol. The molecular weight excluding hydrogens is 440 g/mol. The van der Waals surface area contributed by atoms with Gasteiger partial charge in [-0.3, -0.25) is 9.10 Å². The van der Waals surface area contributed by atoms with E-state index in [0.717, 1.165) is 16.1 Å². The van der Waals surface area contributed by atoms with Crippen molar-refractivity contribution in [2.45, 2.75) is 39.3 Å². The maximum absolute atomic E-state index is 13.2. The summed E-state index contributed by atoms with van der Waals surface area (Å²) in [6.45, 7) is 5.38. The van der Waals surface area contributed by atoms with Gasteiger partial charge < -0.3 is 14.8 Å². The highest BCUT2D eigenvalue weighted by molar-refractivity contribution is 7.92. The molecule has 2 unspecified atom stereocenters. The summed E-state index contributed by atoms with van der Waals surface area (Å²) in [7, 11) is -0.662. The topological polar surface area (TPSA) is 84.9 Å². The van der Waals surface area contributed by atoms with Gasteiger partial charge in [0.05, 0.1) is 32.2 Å². The number of nitrogens with one attached hydrogen (secondary N) is 1. The van der Waals surface area contributed by atoms with Gasteiger partial charge in [-0.2, -0.15) is 0 Å². The Morgan fingerprint density at radius 2 is 1.84 bits per heavy atom. The van der Waals surface area contributed by atoms with Gasteiger partial charge in [-0.15, -0.1) is 0 Å². The Morgan fingerprint density at radius 1 is 1.16 bits per heavy atom. The molecule has 2 aromatic rings. The van der Waals surface area contributed by atoms with Gasteiger partial charge in [0, 0.05) is 10.6 Å². The summed E-state index contributed by atoms with van der Waals surface area (Å²) in [6.07, 6.45) is 1.34. The van der Waals surface area contributed by atoms with Crippen LogP contribution in [0, 0.1) is 6.92 Å². The summed E-state index contributed by atoms with van der Waals surface area (Å²) in [5.74, 6) is 0.782. The molecule has 0 saturated carbocycles. The number of ether oxygens (including phenoxy) is 2. The van der Waals surface area contributed by atoms with Crippen molar-refractivity contribution >= 4 is 33.2 Å². The summed E-state index contributed by atoms with van der Waals surface area (Å²) < 4.78 is 37.1. The van der Waals surface area contributed by atoms with Crippen molar-refractivity contribution in [1.82, 2.24) is 5.32 Å². The van der Waals surface area contributed by atoms with E-state index in [-0.39, 0.29) is 6.42 Å². The fourth-order valence-electron chi connectivity index (χ4n) is 3.34. The third-order valence-corrected chi connectivity index (χ3v) is 6.59. The number of anilines is 1. The van der Waals surface area contributed by atoms with Crippen LogP contribution in [0.25, 0.3) is 0 Å². The van der Waals surface area contributed by atoms with E-state index in [1.54, 1.807) is 64.5 Å². The van der Waals surface area contributed by atoms with Crippen molar-refractivity contribution in [1.29, 1.82) is 0 Å². The molecule has 31 heavy (non-hydrogen) atoms. The lowest BCUT2D eigenvalue weighted by Crippen LogP contribution is -2.49. The predicted octanol–water partition coefficient (Wildman–Crippen LogP) is 4.09. The molecule has 0 aliphatic heterocycles. The fraction of sp³-hybridized carbons (Fsp3) is 0.409. The monoisotopic (exact) mass is 468 g/mol. The molecule has 0 saturated heterocycles. The van der Waals surface area contributed by atoms with Gasteiger partial charge in [0.15, 0.2) is 0 Å². The number of methoxy groups -OCH3 is 2. The number of carbonyl (C=O) groups excluding carboxylic acids is 1. The molecule has 0 aliphatic carbocycles. The Labute approximate surface area is 189 Å². The van der Waals surface area contributed by atoms with Crippen LogP contribution in [0.2, 0.25) is 5.02 Å². The van der Waals surface area contributed by atoms with E-state index < -0.39 is 28.0 Å². The SMILES string of the molecule is CCC(C(=O)NC(C)c1cc(OC)ccc1OC)N(c1ccc(C)c(Cl)c1)S(C)(=O)=O. The zero-order chi connectivity index (χ0) is 23.3. The Morgan fingerprint density at radius 3 is 2.35 bits per heavy atom. The molecule has 0 bridgehead atoms. The third kappa shape index (κ3) is 5.83. The molecule has 2 rings (SSSR count). The van der Waals surface area contributed by atoms with Gasteiger partial charge in [0.1, 0.15) is 17.5 Å². The average Bonchev–Trinajstić information content (AvgIpc) is 2.72. The summed E-state index contributed by atoms with van der Waals surface area (Å²) >= 11 is 6.21. The van der Waals surface area contributed by atoms with E-state index in [2.05, 4.69) is 5.32 Å². The molecule has 1 N–H and O–H groups in total. The van der Waals surface area contributed by atoms with Gasteiger partial charge >= 0.3 is 0 Å². The van der Waals surface area contributed by atoms with Crippen LogP contribution in [0.3, 0.4) is 0 Å². The summed E-state index contributed by atoms with van der Waals surface area (Å²) in [5.41, 5.74) is 1.87. The summed E-state index contributed by atoms with van der Waals surface area (Å²) in [4.78, 5) is 13.2. The van der Waals surface area contributed by atoms with Crippen molar-refractivity contribution in [3.8, 4) is 11.5 Å². The third-order valence-electron chi connectivity index (χ3n) is 5.00. The van der Waals surface area contributed by atoms with E-state index in [1.807, 2.05) is 6.92 Å². The minimum Gasteiger partial charge on any atom is -0.497 e. The van der Waals surface area contributed by atoms with E-state index in [0.29, 0.717) is 27.8 Å². The molecule has 9 heteroatoms. The Kier molecular flexibility index (Phi) is 8.20. The molecule has 7 nitrogen and oxygen atoms in total. The lowest BCUT2D eigenvalue weighted by Gasteiger charge is -2.31. The van der Waals surface area contributed by atoms with Crippen LogP contribution >= 0.6 is 11.6 Å². The molecule has 0 aliphatic rings. The Balaban J connectivity index is 2.39. The molecule has 0 heterocycles. The molecule has 0 spiro atoms.